The van der Waals surface area contributed by atoms with E-state index in [1.165, 1.54) is 12.3 Å². The number of nitrogens with one attached hydrogen (secondary N) is 1. The van der Waals surface area contributed by atoms with Gasteiger partial charge in [-0.05, 0) is 18.2 Å². The Morgan fingerprint density at radius 1 is 1.26 bits per heavy atom. The zero-order valence-electron chi connectivity index (χ0n) is 10.3. The number of pyridine rings is 1. The molecule has 0 radical (unpaired) electrons. The summed E-state index contributed by atoms with van der Waals surface area (Å²) in [6.07, 6.45) is -2.87. The number of nitrogens with zero attached hydrogens (tertiary/aromatic N) is 1. The molecular formula is C13H13F3N2O. The van der Waals surface area contributed by atoms with Gasteiger partial charge in [0.15, 0.2) is 0 Å². The Hall–Kier alpha value is -1.82. The van der Waals surface area contributed by atoms with Crippen LogP contribution >= 0.6 is 0 Å². The largest absolute Gasteiger partial charge is 0.416 e. The number of fused-ring (bicyclic) bond motifs is 1. The number of alkyl halides is 3. The van der Waals surface area contributed by atoms with Crippen molar-refractivity contribution < 1.29 is 17.9 Å². The van der Waals surface area contributed by atoms with Crippen LogP contribution < -0.4 is 5.32 Å². The maximum absolute atomic E-state index is 12.6. The molecule has 0 aliphatic heterocycles. The molecule has 0 bridgehead atoms. The van der Waals surface area contributed by atoms with Crippen LogP contribution in [0.1, 0.15) is 5.56 Å². The quantitative estimate of drug-likeness (QED) is 0.865. The summed E-state index contributed by atoms with van der Waals surface area (Å²) in [6.45, 7) is 1.10. The SMILES string of the molecule is COCCNc1ccnc2cc(C(F)(F)F)ccc12. The van der Waals surface area contributed by atoms with Gasteiger partial charge in [-0.25, -0.2) is 0 Å². The molecule has 0 unspecified atom stereocenters. The lowest BCUT2D eigenvalue weighted by molar-refractivity contribution is -0.137. The van der Waals surface area contributed by atoms with E-state index in [2.05, 4.69) is 10.3 Å². The minimum absolute atomic E-state index is 0.317. The number of hydrogen-bond donors (Lipinski definition) is 1. The summed E-state index contributed by atoms with van der Waals surface area (Å²) >= 11 is 0. The molecule has 0 spiro atoms. The smallest absolute Gasteiger partial charge is 0.383 e. The number of ether oxygens (including phenoxy) is 1. The minimum Gasteiger partial charge on any atom is -0.383 e. The van der Waals surface area contributed by atoms with Gasteiger partial charge in [-0.15, -0.1) is 0 Å². The topological polar surface area (TPSA) is 34.1 Å². The van der Waals surface area contributed by atoms with Crippen LogP contribution in [0.15, 0.2) is 30.5 Å². The second-order valence-corrected chi connectivity index (χ2v) is 4.01. The van der Waals surface area contributed by atoms with Gasteiger partial charge in [0.2, 0.25) is 0 Å². The van der Waals surface area contributed by atoms with Crippen molar-refractivity contribution in [1.29, 1.82) is 0 Å². The Balaban J connectivity index is 2.35. The lowest BCUT2D eigenvalue weighted by atomic mass is 10.1. The van der Waals surface area contributed by atoms with Crippen molar-refractivity contribution in [3.8, 4) is 0 Å². The van der Waals surface area contributed by atoms with E-state index >= 15 is 0 Å². The van der Waals surface area contributed by atoms with Gasteiger partial charge in [-0.1, -0.05) is 6.07 Å². The Labute approximate surface area is 108 Å². The van der Waals surface area contributed by atoms with Crippen LogP contribution in [0.2, 0.25) is 0 Å². The number of benzene rings is 1. The molecule has 19 heavy (non-hydrogen) atoms. The predicted molar refractivity (Wildman–Crippen MR) is 67.1 cm³/mol. The van der Waals surface area contributed by atoms with E-state index in [0.29, 0.717) is 24.1 Å². The van der Waals surface area contributed by atoms with Crippen LogP contribution in [0.3, 0.4) is 0 Å². The Kier molecular flexibility index (Phi) is 3.90. The summed E-state index contributed by atoms with van der Waals surface area (Å²) < 4.78 is 42.7. The lowest BCUT2D eigenvalue weighted by Gasteiger charge is -2.11. The minimum atomic E-state index is -4.35. The molecule has 1 N–H and O–H groups in total. The third kappa shape index (κ3) is 3.14. The molecule has 3 nitrogen and oxygen atoms in total. The first-order valence-electron chi connectivity index (χ1n) is 5.71. The number of anilines is 1. The monoisotopic (exact) mass is 270 g/mol. The van der Waals surface area contributed by atoms with Crippen molar-refractivity contribution in [3.63, 3.8) is 0 Å². The molecule has 1 heterocycles. The van der Waals surface area contributed by atoms with E-state index in [1.807, 2.05) is 0 Å². The molecule has 0 atom stereocenters. The molecule has 102 valence electrons. The third-order valence-corrected chi connectivity index (χ3v) is 2.69. The molecule has 1 aromatic heterocycles. The Morgan fingerprint density at radius 2 is 2.05 bits per heavy atom. The zero-order chi connectivity index (χ0) is 13.9. The highest BCUT2D eigenvalue weighted by Crippen LogP contribution is 2.32. The van der Waals surface area contributed by atoms with E-state index in [9.17, 15) is 13.2 Å². The van der Waals surface area contributed by atoms with Gasteiger partial charge < -0.3 is 10.1 Å². The van der Waals surface area contributed by atoms with Crippen molar-refractivity contribution >= 4 is 16.6 Å². The molecule has 2 aromatic rings. The highest BCUT2D eigenvalue weighted by atomic mass is 19.4. The molecule has 1 aromatic carbocycles. The molecule has 0 fully saturated rings. The molecule has 0 saturated heterocycles. The summed E-state index contributed by atoms with van der Waals surface area (Å²) in [5.41, 5.74) is 0.370. The highest BCUT2D eigenvalue weighted by molar-refractivity contribution is 5.91. The Morgan fingerprint density at radius 3 is 2.74 bits per heavy atom. The van der Waals surface area contributed by atoms with Crippen molar-refractivity contribution in [2.45, 2.75) is 6.18 Å². The first kappa shape index (κ1) is 13.6. The van der Waals surface area contributed by atoms with Crippen molar-refractivity contribution in [1.82, 2.24) is 4.98 Å². The first-order chi connectivity index (χ1) is 9.02. The van der Waals surface area contributed by atoms with Crippen LogP contribution in [0.25, 0.3) is 10.9 Å². The highest BCUT2D eigenvalue weighted by Gasteiger charge is 2.30. The second-order valence-electron chi connectivity index (χ2n) is 4.01. The molecule has 0 aliphatic carbocycles. The van der Waals surface area contributed by atoms with E-state index < -0.39 is 11.7 Å². The maximum Gasteiger partial charge on any atom is 0.416 e. The standard InChI is InChI=1S/C13H13F3N2O/c1-19-7-6-18-11-4-5-17-12-8-9(13(14,15)16)2-3-10(11)12/h2-5,8H,6-7H2,1H3,(H,17,18). The molecule has 2 rings (SSSR count). The lowest BCUT2D eigenvalue weighted by Crippen LogP contribution is -2.08. The van der Waals surface area contributed by atoms with E-state index in [1.54, 1.807) is 13.2 Å². The average molecular weight is 270 g/mol. The van der Waals surface area contributed by atoms with Crippen molar-refractivity contribution in [2.24, 2.45) is 0 Å². The van der Waals surface area contributed by atoms with Gasteiger partial charge in [0, 0.05) is 30.9 Å². The van der Waals surface area contributed by atoms with Crippen LogP contribution in [0.4, 0.5) is 18.9 Å². The van der Waals surface area contributed by atoms with Gasteiger partial charge in [-0.2, -0.15) is 13.2 Å². The fraction of sp³-hybridized carbons (Fsp3) is 0.308. The van der Waals surface area contributed by atoms with Crippen molar-refractivity contribution in [2.75, 3.05) is 25.6 Å². The van der Waals surface area contributed by atoms with Gasteiger partial charge in [-0.3, -0.25) is 4.98 Å². The van der Waals surface area contributed by atoms with Gasteiger partial charge in [0.05, 0.1) is 17.7 Å². The van der Waals surface area contributed by atoms with Gasteiger partial charge in [0.25, 0.3) is 0 Å². The normalized spacial score (nSPS) is 11.8. The van der Waals surface area contributed by atoms with Crippen LogP contribution in [-0.4, -0.2) is 25.2 Å². The summed E-state index contributed by atoms with van der Waals surface area (Å²) in [7, 11) is 1.59. The number of methoxy groups -OCH3 is 1. The van der Waals surface area contributed by atoms with E-state index in [4.69, 9.17) is 4.74 Å². The molecule has 0 aliphatic rings. The van der Waals surface area contributed by atoms with Crippen LogP contribution in [0, 0.1) is 0 Å². The summed E-state index contributed by atoms with van der Waals surface area (Å²) in [5.74, 6) is 0. The average Bonchev–Trinajstić information content (AvgIpc) is 2.37. The third-order valence-electron chi connectivity index (χ3n) is 2.69. The van der Waals surface area contributed by atoms with E-state index in [0.717, 1.165) is 17.8 Å². The first-order valence-corrected chi connectivity index (χ1v) is 5.71. The fourth-order valence-electron chi connectivity index (χ4n) is 1.77. The van der Waals surface area contributed by atoms with Gasteiger partial charge in [0.1, 0.15) is 0 Å². The molecule has 6 heteroatoms. The van der Waals surface area contributed by atoms with Gasteiger partial charge >= 0.3 is 6.18 Å². The number of aromatic nitrogens is 1. The molecule has 0 saturated carbocycles. The summed E-state index contributed by atoms with van der Waals surface area (Å²) in [5, 5.41) is 3.76. The van der Waals surface area contributed by atoms with Crippen molar-refractivity contribution in [3.05, 3.63) is 36.0 Å². The Bertz CT molecular complexity index is 569. The number of rotatable bonds is 4. The van der Waals surface area contributed by atoms with E-state index in [-0.39, 0.29) is 0 Å². The van der Waals surface area contributed by atoms with Crippen LogP contribution in [0.5, 0.6) is 0 Å². The zero-order valence-corrected chi connectivity index (χ0v) is 10.3. The fourth-order valence-corrected chi connectivity index (χ4v) is 1.77. The summed E-state index contributed by atoms with van der Waals surface area (Å²) in [4.78, 5) is 3.97. The maximum atomic E-state index is 12.6. The molecule has 0 amide bonds. The molecular weight excluding hydrogens is 257 g/mol. The second kappa shape index (κ2) is 5.44. The number of hydrogen-bond acceptors (Lipinski definition) is 3. The summed E-state index contributed by atoms with van der Waals surface area (Å²) in [6, 6.07) is 5.27. The number of halogens is 3. The van der Waals surface area contributed by atoms with Crippen LogP contribution in [-0.2, 0) is 10.9 Å². The predicted octanol–water partition coefficient (Wildman–Crippen LogP) is 3.31.